The SMILES string of the molecule is CC(=O)NCCO[C@@H](c1cccc(Cl)c1F)[C@@H]1CCCNC1.CC(=O)NCCO[C@H](c1cccc(Cl)c1F)[C@@H]1CCCNC1. The normalized spacial score (nSPS) is 19.7. The lowest BCUT2D eigenvalue weighted by Crippen LogP contribution is -2.35. The second-order valence-corrected chi connectivity index (χ2v) is 11.9. The van der Waals surface area contributed by atoms with E-state index in [0.29, 0.717) is 37.4 Å². The molecule has 8 nitrogen and oxygen atoms in total. The Kier molecular flexibility index (Phi) is 15.8. The van der Waals surface area contributed by atoms with Gasteiger partial charge in [-0.25, -0.2) is 8.78 Å². The van der Waals surface area contributed by atoms with E-state index in [-0.39, 0.29) is 45.9 Å². The van der Waals surface area contributed by atoms with Crippen molar-refractivity contribution in [2.24, 2.45) is 11.8 Å². The zero-order valence-corrected chi connectivity index (χ0v) is 26.9. The van der Waals surface area contributed by atoms with Gasteiger partial charge in [0.2, 0.25) is 11.8 Å². The number of carbonyl (C=O) groups is 2. The highest BCUT2D eigenvalue weighted by Crippen LogP contribution is 2.35. The minimum atomic E-state index is -0.417. The van der Waals surface area contributed by atoms with Crippen LogP contribution >= 0.6 is 23.2 Å². The summed E-state index contributed by atoms with van der Waals surface area (Å²) >= 11 is 11.8. The lowest BCUT2D eigenvalue weighted by atomic mass is 9.89. The molecule has 2 aliphatic heterocycles. The number of nitrogens with one attached hydrogen (secondary N) is 4. The summed E-state index contributed by atoms with van der Waals surface area (Å²) in [6.45, 7) is 7.95. The molecule has 4 atom stereocenters. The van der Waals surface area contributed by atoms with Gasteiger partial charge in [-0.15, -0.1) is 0 Å². The fourth-order valence-corrected chi connectivity index (χ4v) is 5.90. The molecule has 244 valence electrons. The molecule has 44 heavy (non-hydrogen) atoms. The first-order valence-corrected chi connectivity index (χ1v) is 16.0. The molecule has 0 unspecified atom stereocenters. The van der Waals surface area contributed by atoms with E-state index in [2.05, 4.69) is 21.3 Å². The molecule has 0 bridgehead atoms. The third kappa shape index (κ3) is 11.5. The Morgan fingerprint density at radius 2 is 1.20 bits per heavy atom. The molecule has 2 aromatic rings. The third-order valence-electron chi connectivity index (χ3n) is 7.65. The van der Waals surface area contributed by atoms with Gasteiger partial charge in [-0.05, 0) is 50.9 Å². The van der Waals surface area contributed by atoms with E-state index in [1.165, 1.54) is 26.0 Å². The van der Waals surface area contributed by atoms with Crippen LogP contribution in [0.1, 0.15) is 62.9 Å². The quantitative estimate of drug-likeness (QED) is 0.230. The number of piperidine rings is 2. The molecular formula is C32H44Cl2F2N4O4. The van der Waals surface area contributed by atoms with Crippen molar-refractivity contribution in [3.63, 3.8) is 0 Å². The molecule has 0 spiro atoms. The Labute approximate surface area is 268 Å². The van der Waals surface area contributed by atoms with Crippen LogP contribution in [-0.4, -0.2) is 64.3 Å². The van der Waals surface area contributed by atoms with E-state index in [0.717, 1.165) is 51.9 Å². The van der Waals surface area contributed by atoms with Crippen LogP contribution in [0.2, 0.25) is 10.0 Å². The summed E-state index contributed by atoms with van der Waals surface area (Å²) in [7, 11) is 0. The van der Waals surface area contributed by atoms with Crippen LogP contribution in [0.4, 0.5) is 8.78 Å². The maximum Gasteiger partial charge on any atom is 0.216 e. The number of benzene rings is 2. The molecule has 4 rings (SSSR count). The molecule has 0 radical (unpaired) electrons. The van der Waals surface area contributed by atoms with Crippen LogP contribution in [0.5, 0.6) is 0 Å². The average molecular weight is 658 g/mol. The molecule has 2 amide bonds. The lowest BCUT2D eigenvalue weighted by molar-refractivity contribution is -0.120. The zero-order chi connectivity index (χ0) is 31.9. The summed E-state index contributed by atoms with van der Waals surface area (Å²) in [5.74, 6) is -0.654. The monoisotopic (exact) mass is 656 g/mol. The van der Waals surface area contributed by atoms with E-state index in [1.807, 2.05) is 0 Å². The molecule has 12 heteroatoms. The second kappa shape index (κ2) is 19.2. The molecule has 0 aromatic heterocycles. The summed E-state index contributed by atoms with van der Waals surface area (Å²) in [5.41, 5.74) is 0.980. The van der Waals surface area contributed by atoms with Gasteiger partial charge in [-0.2, -0.15) is 0 Å². The Hall–Kier alpha value is -2.34. The predicted octanol–water partition coefficient (Wildman–Crippen LogP) is 5.35. The van der Waals surface area contributed by atoms with Crippen molar-refractivity contribution in [3.05, 3.63) is 69.2 Å². The maximum absolute atomic E-state index is 14.3. The van der Waals surface area contributed by atoms with Gasteiger partial charge in [-0.1, -0.05) is 47.5 Å². The van der Waals surface area contributed by atoms with Gasteiger partial charge in [0.15, 0.2) is 0 Å². The van der Waals surface area contributed by atoms with Crippen molar-refractivity contribution in [1.82, 2.24) is 21.3 Å². The second-order valence-electron chi connectivity index (χ2n) is 11.0. The lowest BCUT2D eigenvalue weighted by Gasteiger charge is -2.31. The van der Waals surface area contributed by atoms with Crippen LogP contribution in [0.15, 0.2) is 36.4 Å². The van der Waals surface area contributed by atoms with E-state index in [4.69, 9.17) is 32.7 Å². The summed E-state index contributed by atoms with van der Waals surface area (Å²) < 4.78 is 40.5. The summed E-state index contributed by atoms with van der Waals surface area (Å²) in [6.07, 6.45) is 3.31. The van der Waals surface area contributed by atoms with Crippen LogP contribution in [0.25, 0.3) is 0 Å². The summed E-state index contributed by atoms with van der Waals surface area (Å²) in [5, 5.41) is 12.2. The van der Waals surface area contributed by atoms with Crippen LogP contribution in [0.3, 0.4) is 0 Å². The first-order chi connectivity index (χ1) is 21.2. The van der Waals surface area contributed by atoms with Crippen molar-refractivity contribution < 1.29 is 27.8 Å². The van der Waals surface area contributed by atoms with Gasteiger partial charge in [0.25, 0.3) is 0 Å². The Balaban J connectivity index is 0.000000240. The fourth-order valence-electron chi connectivity index (χ4n) is 5.54. The summed E-state index contributed by atoms with van der Waals surface area (Å²) in [4.78, 5) is 21.8. The minimum absolute atomic E-state index is 0.103. The number of hydrogen-bond acceptors (Lipinski definition) is 6. The van der Waals surface area contributed by atoms with E-state index < -0.39 is 11.6 Å². The number of ether oxygens (including phenoxy) is 2. The van der Waals surface area contributed by atoms with Gasteiger partial charge in [0, 0.05) is 63.0 Å². The minimum Gasteiger partial charge on any atom is -0.371 e. The highest BCUT2D eigenvalue weighted by atomic mass is 35.5. The fraction of sp³-hybridized carbons (Fsp3) is 0.562. The number of rotatable bonds is 12. The van der Waals surface area contributed by atoms with Gasteiger partial charge >= 0.3 is 0 Å². The largest absolute Gasteiger partial charge is 0.371 e. The molecule has 2 fully saturated rings. The van der Waals surface area contributed by atoms with Crippen molar-refractivity contribution in [1.29, 1.82) is 0 Å². The molecule has 2 aromatic carbocycles. The third-order valence-corrected chi connectivity index (χ3v) is 8.23. The van der Waals surface area contributed by atoms with Crippen molar-refractivity contribution in [2.75, 3.05) is 52.5 Å². The van der Waals surface area contributed by atoms with Crippen LogP contribution in [0, 0.1) is 23.5 Å². The molecule has 4 N–H and O–H groups in total. The molecule has 2 aliphatic rings. The number of halogens is 4. The highest BCUT2D eigenvalue weighted by molar-refractivity contribution is 6.31. The Morgan fingerprint density at radius 3 is 1.55 bits per heavy atom. The number of carbonyl (C=O) groups excluding carboxylic acids is 2. The molecular weight excluding hydrogens is 613 g/mol. The van der Waals surface area contributed by atoms with Crippen LogP contribution < -0.4 is 21.3 Å². The molecule has 2 heterocycles. The first kappa shape index (κ1) is 36.1. The number of hydrogen-bond donors (Lipinski definition) is 4. The number of amides is 2. The maximum atomic E-state index is 14.3. The predicted molar refractivity (Wildman–Crippen MR) is 169 cm³/mol. The zero-order valence-electron chi connectivity index (χ0n) is 25.4. The highest BCUT2D eigenvalue weighted by Gasteiger charge is 2.30. The van der Waals surface area contributed by atoms with E-state index in [1.54, 1.807) is 24.3 Å². The van der Waals surface area contributed by atoms with Gasteiger partial charge < -0.3 is 30.7 Å². The average Bonchev–Trinajstić information content (AvgIpc) is 3.01. The Morgan fingerprint density at radius 1 is 0.795 bits per heavy atom. The van der Waals surface area contributed by atoms with Gasteiger partial charge in [-0.3, -0.25) is 9.59 Å². The Bertz CT molecular complexity index is 1110. The van der Waals surface area contributed by atoms with E-state index in [9.17, 15) is 18.4 Å². The molecule has 2 saturated heterocycles. The standard InChI is InChI=1S/2C16H22ClFN2O2/c2*1-11(21)20-8-9-22-16(12-4-3-7-19-10-12)13-5-2-6-14(17)15(13)18/h2*2,5-6,12,16,19H,3-4,7-10H2,1H3,(H,20,21)/t12-,16+;12-,16-/m11/s1. The van der Waals surface area contributed by atoms with E-state index >= 15 is 0 Å². The smallest absolute Gasteiger partial charge is 0.216 e. The van der Waals surface area contributed by atoms with Gasteiger partial charge in [0.05, 0.1) is 35.5 Å². The van der Waals surface area contributed by atoms with Crippen molar-refractivity contribution in [2.45, 2.75) is 51.7 Å². The first-order valence-electron chi connectivity index (χ1n) is 15.2. The van der Waals surface area contributed by atoms with Crippen LogP contribution in [-0.2, 0) is 19.1 Å². The van der Waals surface area contributed by atoms with Crippen molar-refractivity contribution >= 4 is 35.0 Å². The van der Waals surface area contributed by atoms with Gasteiger partial charge in [0.1, 0.15) is 11.6 Å². The summed E-state index contributed by atoms with van der Waals surface area (Å²) in [6, 6.07) is 9.99. The topological polar surface area (TPSA) is 101 Å². The molecule has 0 saturated carbocycles. The van der Waals surface area contributed by atoms with Crippen molar-refractivity contribution in [3.8, 4) is 0 Å². The molecule has 0 aliphatic carbocycles.